The van der Waals surface area contributed by atoms with E-state index in [-0.39, 0.29) is 18.0 Å². The van der Waals surface area contributed by atoms with Crippen molar-refractivity contribution < 1.29 is 19.1 Å². The van der Waals surface area contributed by atoms with Gasteiger partial charge in [-0.3, -0.25) is 9.59 Å². The zero-order chi connectivity index (χ0) is 32.9. The van der Waals surface area contributed by atoms with Crippen LogP contribution in [0.5, 0.6) is 0 Å². The molecule has 0 rings (SSSR count). The summed E-state index contributed by atoms with van der Waals surface area (Å²) < 4.78 is 11.4. The van der Waals surface area contributed by atoms with Crippen LogP contribution >= 0.6 is 0 Å². The van der Waals surface area contributed by atoms with Crippen LogP contribution in [0.3, 0.4) is 0 Å². The van der Waals surface area contributed by atoms with Crippen molar-refractivity contribution in [2.45, 2.75) is 226 Å². The van der Waals surface area contributed by atoms with Gasteiger partial charge in [-0.15, -0.1) is 0 Å². The van der Waals surface area contributed by atoms with Gasteiger partial charge in [0.25, 0.3) is 0 Å². The molecule has 0 unspecified atom stereocenters. The zero-order valence-electron chi connectivity index (χ0n) is 30.8. The average Bonchev–Trinajstić information content (AvgIpc) is 3.03. The Morgan fingerprint density at radius 1 is 0.444 bits per heavy atom. The van der Waals surface area contributed by atoms with E-state index in [0.717, 1.165) is 64.5 Å². The van der Waals surface area contributed by atoms with Gasteiger partial charge in [0.15, 0.2) is 0 Å². The van der Waals surface area contributed by atoms with Crippen molar-refractivity contribution in [3.05, 3.63) is 0 Å². The third-order valence-corrected chi connectivity index (χ3v) is 9.04. The Balaban J connectivity index is 3.68. The molecule has 5 heteroatoms. The molecule has 0 aliphatic heterocycles. The lowest BCUT2D eigenvalue weighted by molar-refractivity contribution is -0.150. The molecule has 0 aliphatic carbocycles. The zero-order valence-corrected chi connectivity index (χ0v) is 30.8. The molecule has 0 aromatic carbocycles. The highest BCUT2D eigenvalue weighted by Crippen LogP contribution is 2.18. The van der Waals surface area contributed by atoms with E-state index in [1.165, 1.54) is 135 Å². The molecule has 45 heavy (non-hydrogen) atoms. The fraction of sp³-hybridized carbons (Fsp3) is 0.950. The van der Waals surface area contributed by atoms with Crippen LogP contribution in [0.4, 0.5) is 0 Å². The third kappa shape index (κ3) is 35.6. The molecule has 268 valence electrons. The first kappa shape index (κ1) is 43.9. The molecule has 0 aliphatic rings. The smallest absolute Gasteiger partial charge is 0.306 e. The van der Waals surface area contributed by atoms with E-state index in [1.54, 1.807) is 0 Å². The largest absolute Gasteiger partial charge is 0.466 e. The predicted octanol–water partition coefficient (Wildman–Crippen LogP) is 12.2. The molecule has 0 aromatic heterocycles. The topological polar surface area (TPSA) is 64.6 Å². The van der Waals surface area contributed by atoms with Crippen LogP contribution in [0.15, 0.2) is 0 Å². The minimum atomic E-state index is -0.0247. The Kier molecular flexibility index (Phi) is 36.4. The van der Waals surface area contributed by atoms with Crippen LogP contribution in [0.2, 0.25) is 0 Å². The molecule has 0 spiro atoms. The molecule has 0 saturated carbocycles. The second kappa shape index (κ2) is 37.4. The van der Waals surface area contributed by atoms with Crippen LogP contribution in [0.1, 0.15) is 220 Å². The van der Waals surface area contributed by atoms with Gasteiger partial charge in [0, 0.05) is 12.8 Å². The van der Waals surface area contributed by atoms with E-state index in [4.69, 9.17) is 9.47 Å². The highest BCUT2D eigenvalue weighted by molar-refractivity contribution is 5.69. The Labute approximate surface area is 281 Å². The summed E-state index contributed by atoms with van der Waals surface area (Å²) in [5.74, 6) is 0.00316. The molecule has 0 heterocycles. The van der Waals surface area contributed by atoms with Crippen molar-refractivity contribution >= 4 is 11.9 Å². The summed E-state index contributed by atoms with van der Waals surface area (Å²) in [4.78, 5) is 24.4. The Morgan fingerprint density at radius 3 is 1.33 bits per heavy atom. The minimum Gasteiger partial charge on any atom is -0.466 e. The minimum absolute atomic E-state index is 0.0247. The second-order valence-electron chi connectivity index (χ2n) is 13.6. The first-order valence-electron chi connectivity index (χ1n) is 20.2. The van der Waals surface area contributed by atoms with E-state index < -0.39 is 0 Å². The molecule has 0 fully saturated rings. The van der Waals surface area contributed by atoms with E-state index in [9.17, 15) is 9.59 Å². The molecule has 0 atom stereocenters. The summed E-state index contributed by atoms with van der Waals surface area (Å²) >= 11 is 0. The summed E-state index contributed by atoms with van der Waals surface area (Å²) in [5.41, 5.74) is 0. The normalized spacial score (nSPS) is 11.4. The number of unbranched alkanes of at least 4 members (excludes halogenated alkanes) is 22. The van der Waals surface area contributed by atoms with Gasteiger partial charge in [-0.2, -0.15) is 0 Å². The van der Waals surface area contributed by atoms with Gasteiger partial charge in [0.2, 0.25) is 0 Å². The molecule has 1 N–H and O–H groups in total. The van der Waals surface area contributed by atoms with Gasteiger partial charge in [0.1, 0.15) is 6.10 Å². The standard InChI is InChI=1S/C40H79NO4/c1-4-7-10-13-16-22-30-37-44-39(42)33-27-23-29-36-41-35-28-21-17-20-26-34-40(43)45-38(31-24-18-14-11-8-5-2)32-25-19-15-12-9-6-3/h38,41H,4-37H2,1-3H3. The lowest BCUT2D eigenvalue weighted by atomic mass is 10.0. The molecule has 0 saturated heterocycles. The average molecular weight is 638 g/mol. The number of carbonyl (C=O) groups is 2. The first-order valence-corrected chi connectivity index (χ1v) is 20.2. The van der Waals surface area contributed by atoms with Gasteiger partial charge in [-0.1, -0.05) is 149 Å². The summed E-state index contributed by atoms with van der Waals surface area (Å²) in [6.07, 6.45) is 36.4. The number of carbonyl (C=O) groups excluding carboxylic acids is 2. The Bertz CT molecular complexity index is 595. The van der Waals surface area contributed by atoms with E-state index in [0.29, 0.717) is 19.4 Å². The molecular formula is C40H79NO4. The number of esters is 2. The second-order valence-corrected chi connectivity index (χ2v) is 13.6. The van der Waals surface area contributed by atoms with Crippen LogP contribution in [-0.4, -0.2) is 37.7 Å². The quantitative estimate of drug-likeness (QED) is 0.0542. The number of ether oxygens (including phenoxy) is 2. The van der Waals surface area contributed by atoms with Crippen molar-refractivity contribution in [3.8, 4) is 0 Å². The van der Waals surface area contributed by atoms with Crippen molar-refractivity contribution in [1.82, 2.24) is 5.32 Å². The van der Waals surface area contributed by atoms with Crippen LogP contribution in [0, 0.1) is 0 Å². The SMILES string of the molecule is CCCCCCCCCOC(=O)CCCCCNCCCCCCCC(=O)OC(CCCCCCCC)CCCCCCCC. The maximum absolute atomic E-state index is 12.6. The molecule has 0 bridgehead atoms. The van der Waals surface area contributed by atoms with Gasteiger partial charge < -0.3 is 14.8 Å². The van der Waals surface area contributed by atoms with Crippen LogP contribution in [0.25, 0.3) is 0 Å². The van der Waals surface area contributed by atoms with Gasteiger partial charge >= 0.3 is 11.9 Å². The molecule has 0 radical (unpaired) electrons. The maximum Gasteiger partial charge on any atom is 0.306 e. The van der Waals surface area contributed by atoms with E-state index in [2.05, 4.69) is 26.1 Å². The van der Waals surface area contributed by atoms with Crippen molar-refractivity contribution in [3.63, 3.8) is 0 Å². The highest BCUT2D eigenvalue weighted by Gasteiger charge is 2.14. The van der Waals surface area contributed by atoms with Gasteiger partial charge in [-0.05, 0) is 70.9 Å². The molecular weight excluding hydrogens is 558 g/mol. The Morgan fingerprint density at radius 2 is 0.822 bits per heavy atom. The number of hydrogen-bond donors (Lipinski definition) is 1. The van der Waals surface area contributed by atoms with E-state index in [1.807, 2.05) is 0 Å². The Hall–Kier alpha value is -1.10. The summed E-state index contributed by atoms with van der Waals surface area (Å²) in [6.45, 7) is 9.44. The van der Waals surface area contributed by atoms with Crippen LogP contribution < -0.4 is 5.32 Å². The number of hydrogen-bond acceptors (Lipinski definition) is 5. The monoisotopic (exact) mass is 638 g/mol. The molecule has 5 nitrogen and oxygen atoms in total. The predicted molar refractivity (Wildman–Crippen MR) is 194 cm³/mol. The number of rotatable bonds is 37. The van der Waals surface area contributed by atoms with Crippen molar-refractivity contribution in [2.75, 3.05) is 19.7 Å². The highest BCUT2D eigenvalue weighted by atomic mass is 16.5. The van der Waals surface area contributed by atoms with E-state index >= 15 is 0 Å². The maximum atomic E-state index is 12.6. The fourth-order valence-electron chi connectivity index (χ4n) is 6.00. The van der Waals surface area contributed by atoms with Gasteiger partial charge in [0.05, 0.1) is 6.61 Å². The van der Waals surface area contributed by atoms with Crippen molar-refractivity contribution in [1.29, 1.82) is 0 Å². The first-order chi connectivity index (χ1) is 22.1. The summed E-state index contributed by atoms with van der Waals surface area (Å²) in [7, 11) is 0. The third-order valence-electron chi connectivity index (χ3n) is 9.04. The fourth-order valence-corrected chi connectivity index (χ4v) is 6.00. The van der Waals surface area contributed by atoms with Crippen molar-refractivity contribution in [2.24, 2.45) is 0 Å². The summed E-state index contributed by atoms with van der Waals surface area (Å²) in [6, 6.07) is 0. The number of nitrogens with one attached hydrogen (secondary N) is 1. The lowest BCUT2D eigenvalue weighted by Gasteiger charge is -2.18. The molecule has 0 aromatic rings. The van der Waals surface area contributed by atoms with Crippen LogP contribution in [-0.2, 0) is 19.1 Å². The summed E-state index contributed by atoms with van der Waals surface area (Å²) in [5, 5.41) is 3.54. The lowest BCUT2D eigenvalue weighted by Crippen LogP contribution is -2.18. The van der Waals surface area contributed by atoms with Gasteiger partial charge in [-0.25, -0.2) is 0 Å². The molecule has 0 amide bonds.